The standard InChI is InChI=1S/C18H21N7O2/c26-18(25-11-2-5-15(25)13-24-10-3-8-21-24)20-9-6-16-22-17(23-27-16)14-4-1-7-19-12-14/h1,3-4,7-8,10,12,15H,2,5-6,9,11,13H2,(H,20,26)/t15-/m1/s1. The van der Waals surface area contributed by atoms with Crippen LogP contribution in [0.5, 0.6) is 0 Å². The highest BCUT2D eigenvalue weighted by Crippen LogP contribution is 2.19. The monoisotopic (exact) mass is 367 g/mol. The van der Waals surface area contributed by atoms with Crippen molar-refractivity contribution in [2.45, 2.75) is 31.8 Å². The van der Waals surface area contributed by atoms with E-state index in [-0.39, 0.29) is 12.1 Å². The van der Waals surface area contributed by atoms with Crippen molar-refractivity contribution in [2.75, 3.05) is 13.1 Å². The number of rotatable bonds is 6. The molecule has 4 heterocycles. The molecule has 0 spiro atoms. The van der Waals surface area contributed by atoms with Crippen LogP contribution in [0.1, 0.15) is 18.7 Å². The first-order valence-corrected chi connectivity index (χ1v) is 9.04. The third-order valence-corrected chi connectivity index (χ3v) is 4.60. The molecule has 0 bridgehead atoms. The van der Waals surface area contributed by atoms with Gasteiger partial charge in [0.05, 0.1) is 12.6 Å². The second kappa shape index (κ2) is 7.98. The number of amides is 2. The van der Waals surface area contributed by atoms with Crippen LogP contribution >= 0.6 is 0 Å². The van der Waals surface area contributed by atoms with E-state index in [1.54, 1.807) is 18.6 Å². The fraction of sp³-hybridized carbons (Fsp3) is 0.389. The van der Waals surface area contributed by atoms with Crippen LogP contribution in [0.2, 0.25) is 0 Å². The predicted molar refractivity (Wildman–Crippen MR) is 96.6 cm³/mol. The zero-order valence-electron chi connectivity index (χ0n) is 14.9. The lowest BCUT2D eigenvalue weighted by atomic mass is 10.2. The lowest BCUT2D eigenvalue weighted by molar-refractivity contribution is 0.186. The van der Waals surface area contributed by atoms with Crippen LogP contribution in [0.4, 0.5) is 4.79 Å². The Bertz CT molecular complexity index is 863. The number of urea groups is 1. The van der Waals surface area contributed by atoms with Gasteiger partial charge in [-0.25, -0.2) is 4.79 Å². The molecule has 1 fully saturated rings. The van der Waals surface area contributed by atoms with E-state index < -0.39 is 0 Å². The molecule has 0 aliphatic carbocycles. The fourth-order valence-electron chi connectivity index (χ4n) is 3.26. The van der Waals surface area contributed by atoms with Crippen LogP contribution in [0.25, 0.3) is 11.4 Å². The van der Waals surface area contributed by atoms with Crippen LogP contribution < -0.4 is 5.32 Å². The Kier molecular flexibility index (Phi) is 5.08. The summed E-state index contributed by atoms with van der Waals surface area (Å²) in [5.41, 5.74) is 0.801. The molecule has 27 heavy (non-hydrogen) atoms. The van der Waals surface area contributed by atoms with Crippen molar-refractivity contribution in [3.05, 3.63) is 48.9 Å². The lowest BCUT2D eigenvalue weighted by Crippen LogP contribution is -2.44. The van der Waals surface area contributed by atoms with Crippen LogP contribution in [0.15, 0.2) is 47.5 Å². The van der Waals surface area contributed by atoms with Gasteiger partial charge in [0.2, 0.25) is 11.7 Å². The molecule has 0 radical (unpaired) electrons. The van der Waals surface area contributed by atoms with Crippen LogP contribution in [0.3, 0.4) is 0 Å². The van der Waals surface area contributed by atoms with Gasteiger partial charge in [0.1, 0.15) is 0 Å². The largest absolute Gasteiger partial charge is 0.339 e. The third kappa shape index (κ3) is 4.13. The minimum Gasteiger partial charge on any atom is -0.339 e. The van der Waals surface area contributed by atoms with E-state index in [0.717, 1.165) is 31.5 Å². The van der Waals surface area contributed by atoms with Gasteiger partial charge >= 0.3 is 6.03 Å². The maximum Gasteiger partial charge on any atom is 0.317 e. The molecule has 0 saturated carbocycles. The molecule has 4 rings (SSSR count). The summed E-state index contributed by atoms with van der Waals surface area (Å²) in [6.45, 7) is 1.93. The molecule has 0 aromatic carbocycles. The molecule has 3 aromatic heterocycles. The average Bonchev–Trinajstić information content (AvgIpc) is 3.45. The number of carbonyl (C=O) groups is 1. The smallest absolute Gasteiger partial charge is 0.317 e. The normalized spacial score (nSPS) is 16.6. The van der Waals surface area contributed by atoms with E-state index in [0.29, 0.717) is 24.7 Å². The summed E-state index contributed by atoms with van der Waals surface area (Å²) in [5, 5.41) is 11.1. The molecule has 0 unspecified atom stereocenters. The Balaban J connectivity index is 1.27. The van der Waals surface area contributed by atoms with E-state index in [9.17, 15) is 4.79 Å². The first-order chi connectivity index (χ1) is 13.3. The van der Waals surface area contributed by atoms with Gasteiger partial charge in [0.15, 0.2) is 0 Å². The minimum atomic E-state index is -0.0587. The number of pyridine rings is 1. The molecular formula is C18H21N7O2. The lowest BCUT2D eigenvalue weighted by Gasteiger charge is -2.24. The Morgan fingerprint density at radius 3 is 3.11 bits per heavy atom. The zero-order valence-corrected chi connectivity index (χ0v) is 14.9. The molecule has 1 N–H and O–H groups in total. The first-order valence-electron chi connectivity index (χ1n) is 9.04. The highest BCUT2D eigenvalue weighted by atomic mass is 16.5. The second-order valence-electron chi connectivity index (χ2n) is 6.45. The van der Waals surface area contributed by atoms with Crippen molar-refractivity contribution in [3.8, 4) is 11.4 Å². The van der Waals surface area contributed by atoms with Gasteiger partial charge in [-0.2, -0.15) is 10.1 Å². The van der Waals surface area contributed by atoms with Crippen LogP contribution in [0, 0.1) is 0 Å². The summed E-state index contributed by atoms with van der Waals surface area (Å²) < 4.78 is 7.12. The van der Waals surface area contributed by atoms with Gasteiger partial charge in [0.25, 0.3) is 0 Å². The number of hydrogen-bond acceptors (Lipinski definition) is 6. The summed E-state index contributed by atoms with van der Waals surface area (Å²) in [4.78, 5) is 22.8. The Hall–Kier alpha value is -3.23. The topological polar surface area (TPSA) is 102 Å². The predicted octanol–water partition coefficient (Wildman–Crippen LogP) is 1.74. The molecule has 1 aliphatic rings. The molecule has 140 valence electrons. The molecular weight excluding hydrogens is 346 g/mol. The van der Waals surface area contributed by atoms with Crippen molar-refractivity contribution >= 4 is 6.03 Å². The maximum absolute atomic E-state index is 12.5. The van der Waals surface area contributed by atoms with E-state index in [1.165, 1.54) is 0 Å². The minimum absolute atomic E-state index is 0.0587. The van der Waals surface area contributed by atoms with Gasteiger partial charge in [-0.05, 0) is 31.0 Å². The van der Waals surface area contributed by atoms with Gasteiger partial charge in [0, 0.05) is 49.9 Å². The van der Waals surface area contributed by atoms with Gasteiger partial charge < -0.3 is 14.7 Å². The van der Waals surface area contributed by atoms with Crippen LogP contribution in [-0.2, 0) is 13.0 Å². The Morgan fingerprint density at radius 2 is 2.30 bits per heavy atom. The Labute approximate surface area is 156 Å². The zero-order chi connectivity index (χ0) is 18.5. The maximum atomic E-state index is 12.5. The van der Waals surface area contributed by atoms with Gasteiger partial charge in [-0.15, -0.1) is 0 Å². The van der Waals surface area contributed by atoms with Gasteiger partial charge in [-0.3, -0.25) is 9.67 Å². The average molecular weight is 367 g/mol. The molecule has 2 amide bonds. The van der Waals surface area contributed by atoms with Crippen molar-refractivity contribution in [2.24, 2.45) is 0 Å². The Morgan fingerprint density at radius 1 is 1.33 bits per heavy atom. The third-order valence-electron chi connectivity index (χ3n) is 4.60. The summed E-state index contributed by atoms with van der Waals surface area (Å²) in [6, 6.07) is 5.70. The molecule has 1 saturated heterocycles. The quantitative estimate of drug-likeness (QED) is 0.712. The molecule has 9 heteroatoms. The van der Waals surface area contributed by atoms with Crippen LogP contribution in [-0.4, -0.2) is 55.0 Å². The highest BCUT2D eigenvalue weighted by Gasteiger charge is 2.28. The molecule has 3 aromatic rings. The van der Waals surface area contributed by atoms with Crippen molar-refractivity contribution in [1.29, 1.82) is 0 Å². The number of aromatic nitrogens is 5. The highest BCUT2D eigenvalue weighted by molar-refractivity contribution is 5.74. The van der Waals surface area contributed by atoms with Crippen molar-refractivity contribution < 1.29 is 9.32 Å². The van der Waals surface area contributed by atoms with E-state index in [4.69, 9.17) is 4.52 Å². The molecule has 9 nitrogen and oxygen atoms in total. The SMILES string of the molecule is O=C(NCCc1nc(-c2cccnc2)no1)N1CCC[C@@H]1Cn1cccn1. The summed E-state index contributed by atoms with van der Waals surface area (Å²) >= 11 is 0. The summed E-state index contributed by atoms with van der Waals surface area (Å²) in [5.74, 6) is 0.993. The van der Waals surface area contributed by atoms with E-state index in [1.807, 2.05) is 34.0 Å². The van der Waals surface area contributed by atoms with Gasteiger partial charge in [-0.1, -0.05) is 5.16 Å². The summed E-state index contributed by atoms with van der Waals surface area (Å²) in [7, 11) is 0. The van der Waals surface area contributed by atoms with E-state index >= 15 is 0 Å². The number of hydrogen-bond donors (Lipinski definition) is 1. The number of carbonyl (C=O) groups excluding carboxylic acids is 1. The number of nitrogens with zero attached hydrogens (tertiary/aromatic N) is 6. The second-order valence-corrected chi connectivity index (χ2v) is 6.45. The van der Waals surface area contributed by atoms with Crippen molar-refractivity contribution in [1.82, 2.24) is 35.1 Å². The number of likely N-dealkylation sites (tertiary alicyclic amines) is 1. The molecule has 1 atom stereocenters. The molecule has 1 aliphatic heterocycles. The summed E-state index contributed by atoms with van der Waals surface area (Å²) in [6.07, 6.45) is 9.54. The first kappa shape index (κ1) is 17.2. The van der Waals surface area contributed by atoms with E-state index in [2.05, 4.69) is 25.5 Å². The van der Waals surface area contributed by atoms with Crippen molar-refractivity contribution in [3.63, 3.8) is 0 Å². The fourth-order valence-corrected chi connectivity index (χ4v) is 3.26. The number of nitrogens with one attached hydrogen (secondary N) is 1.